The summed E-state index contributed by atoms with van der Waals surface area (Å²) in [5.41, 5.74) is 0. The molecule has 0 saturated heterocycles. The van der Waals surface area contributed by atoms with Gasteiger partial charge in [0, 0.05) is 11.6 Å². The number of hydrogen-bond acceptors (Lipinski definition) is 4. The molecule has 0 bridgehead atoms. The normalized spacial score (nSPS) is 11.5. The largest absolute Gasteiger partial charge is 0.477 e. The predicted molar refractivity (Wildman–Crippen MR) is 45.4 cm³/mol. The number of carboxylic acid groups (broad SMARTS) is 1. The molecule has 0 fully saturated rings. The summed E-state index contributed by atoms with van der Waals surface area (Å²) in [7, 11) is 0. The molecule has 1 N–H and O–H groups in total. The van der Waals surface area contributed by atoms with Crippen LogP contribution in [0.2, 0.25) is 0 Å². The van der Waals surface area contributed by atoms with E-state index in [1.807, 2.05) is 0 Å². The maximum atomic E-state index is 12.5. The van der Waals surface area contributed by atoms with Gasteiger partial charge in [-0.2, -0.15) is 8.78 Å². The molecule has 1 aromatic rings. The number of thiazole rings is 1. The van der Waals surface area contributed by atoms with Crippen molar-refractivity contribution in [3.63, 3.8) is 0 Å². The van der Waals surface area contributed by atoms with Crippen molar-refractivity contribution in [1.29, 1.82) is 0 Å². The van der Waals surface area contributed by atoms with Crippen molar-refractivity contribution in [2.24, 2.45) is 0 Å². The highest BCUT2D eigenvalue weighted by atomic mass is 32.2. The molecular formula is C6H5F2NO2S2. The second kappa shape index (κ2) is 4.01. The quantitative estimate of drug-likeness (QED) is 0.796. The fourth-order valence-electron chi connectivity index (χ4n) is 0.496. The molecule has 72 valence electrons. The van der Waals surface area contributed by atoms with E-state index in [0.717, 1.165) is 11.8 Å². The first-order valence-corrected chi connectivity index (χ1v) is 5.02. The second-order valence-corrected chi connectivity index (χ2v) is 4.21. The van der Waals surface area contributed by atoms with E-state index in [9.17, 15) is 13.6 Å². The summed E-state index contributed by atoms with van der Waals surface area (Å²) in [5.74, 6) is -6.57. The van der Waals surface area contributed by atoms with E-state index in [0.29, 0.717) is 4.34 Å². The lowest BCUT2D eigenvalue weighted by molar-refractivity contribution is -0.161. The Kier molecular flexibility index (Phi) is 3.21. The molecule has 0 aromatic carbocycles. The van der Waals surface area contributed by atoms with Gasteiger partial charge in [-0.15, -0.1) is 11.3 Å². The molecule has 13 heavy (non-hydrogen) atoms. The third-order valence-corrected chi connectivity index (χ3v) is 3.17. The van der Waals surface area contributed by atoms with Crippen LogP contribution in [-0.2, 0) is 4.79 Å². The van der Waals surface area contributed by atoms with Crippen LogP contribution in [0.3, 0.4) is 0 Å². The van der Waals surface area contributed by atoms with Crippen LogP contribution in [-0.4, -0.2) is 27.7 Å². The van der Waals surface area contributed by atoms with E-state index in [2.05, 4.69) is 4.98 Å². The van der Waals surface area contributed by atoms with Crippen LogP contribution < -0.4 is 0 Å². The van der Waals surface area contributed by atoms with E-state index in [1.54, 1.807) is 5.38 Å². The Bertz CT molecular complexity index is 289. The molecule has 3 nitrogen and oxygen atoms in total. The molecule has 1 aromatic heterocycles. The van der Waals surface area contributed by atoms with Crippen LogP contribution in [0, 0.1) is 0 Å². The molecule has 1 rings (SSSR count). The van der Waals surface area contributed by atoms with Gasteiger partial charge in [-0.1, -0.05) is 11.8 Å². The number of hydrogen-bond donors (Lipinski definition) is 1. The van der Waals surface area contributed by atoms with E-state index >= 15 is 0 Å². The Morgan fingerprint density at radius 3 is 2.92 bits per heavy atom. The zero-order valence-corrected chi connectivity index (χ0v) is 7.87. The van der Waals surface area contributed by atoms with Crippen molar-refractivity contribution in [2.75, 3.05) is 5.75 Å². The molecule has 0 atom stereocenters. The van der Waals surface area contributed by atoms with Gasteiger partial charge in [-0.25, -0.2) is 9.78 Å². The third kappa shape index (κ3) is 2.92. The number of thioether (sulfide) groups is 1. The number of halogens is 2. The van der Waals surface area contributed by atoms with Gasteiger partial charge >= 0.3 is 11.9 Å². The van der Waals surface area contributed by atoms with Gasteiger partial charge in [0.05, 0.1) is 5.75 Å². The van der Waals surface area contributed by atoms with Crippen molar-refractivity contribution < 1.29 is 18.7 Å². The number of aromatic nitrogens is 1. The number of alkyl halides is 2. The molecule has 0 unspecified atom stereocenters. The molecule has 0 aliphatic heterocycles. The summed E-state index contributed by atoms with van der Waals surface area (Å²) >= 11 is 1.94. The van der Waals surface area contributed by atoms with Crippen molar-refractivity contribution >= 4 is 29.1 Å². The van der Waals surface area contributed by atoms with Crippen LogP contribution in [0.4, 0.5) is 8.78 Å². The zero-order valence-electron chi connectivity index (χ0n) is 6.24. The fraction of sp³-hybridized carbons (Fsp3) is 0.333. The van der Waals surface area contributed by atoms with E-state index in [-0.39, 0.29) is 0 Å². The Morgan fingerprint density at radius 2 is 2.46 bits per heavy atom. The van der Waals surface area contributed by atoms with Crippen LogP contribution >= 0.6 is 23.1 Å². The summed E-state index contributed by atoms with van der Waals surface area (Å²) in [6, 6.07) is 0. The van der Waals surface area contributed by atoms with Crippen molar-refractivity contribution in [2.45, 2.75) is 10.3 Å². The standard InChI is InChI=1S/C6H5F2NO2S2/c7-6(8,4(10)11)3-13-5-9-1-2-12-5/h1-2H,3H2,(H,10,11). The zero-order chi connectivity index (χ0) is 9.90. The minimum absolute atomic E-state index is 0.445. The minimum Gasteiger partial charge on any atom is -0.477 e. The Morgan fingerprint density at radius 1 is 1.77 bits per heavy atom. The lowest BCUT2D eigenvalue weighted by Crippen LogP contribution is -2.30. The summed E-state index contributed by atoms with van der Waals surface area (Å²) in [6.45, 7) is 0. The highest BCUT2D eigenvalue weighted by molar-refractivity contribution is 8.01. The molecule has 7 heteroatoms. The monoisotopic (exact) mass is 225 g/mol. The maximum Gasteiger partial charge on any atom is 0.375 e. The number of nitrogens with zero attached hydrogens (tertiary/aromatic N) is 1. The first-order chi connectivity index (χ1) is 6.02. The minimum atomic E-state index is -3.68. The third-order valence-electron chi connectivity index (χ3n) is 1.10. The average molecular weight is 225 g/mol. The van der Waals surface area contributed by atoms with Gasteiger partial charge in [0.1, 0.15) is 4.34 Å². The summed E-state index contributed by atoms with van der Waals surface area (Å²) < 4.78 is 25.4. The van der Waals surface area contributed by atoms with Gasteiger partial charge < -0.3 is 5.11 Å². The topological polar surface area (TPSA) is 50.2 Å². The van der Waals surface area contributed by atoms with Crippen molar-refractivity contribution in [3.05, 3.63) is 11.6 Å². The van der Waals surface area contributed by atoms with Gasteiger partial charge in [0.15, 0.2) is 0 Å². The Hall–Kier alpha value is -0.690. The molecule has 1 heterocycles. The molecule has 0 spiro atoms. The van der Waals surface area contributed by atoms with Crippen molar-refractivity contribution in [1.82, 2.24) is 4.98 Å². The first kappa shape index (κ1) is 10.4. The molecule has 0 aliphatic carbocycles. The number of aliphatic carboxylic acids is 1. The van der Waals surface area contributed by atoms with E-state index < -0.39 is 17.6 Å². The molecule has 0 radical (unpaired) electrons. The smallest absolute Gasteiger partial charge is 0.375 e. The van der Waals surface area contributed by atoms with Crippen LogP contribution in [0.1, 0.15) is 0 Å². The summed E-state index contributed by atoms with van der Waals surface area (Å²) in [4.78, 5) is 13.7. The lowest BCUT2D eigenvalue weighted by Gasteiger charge is -2.08. The SMILES string of the molecule is O=C(O)C(F)(F)CSc1nccs1. The number of carboxylic acids is 1. The van der Waals surface area contributed by atoms with E-state index in [4.69, 9.17) is 5.11 Å². The van der Waals surface area contributed by atoms with Crippen LogP contribution in [0.5, 0.6) is 0 Å². The Balaban J connectivity index is 2.47. The highest BCUT2D eigenvalue weighted by Gasteiger charge is 2.38. The van der Waals surface area contributed by atoms with Gasteiger partial charge in [-0.3, -0.25) is 0 Å². The van der Waals surface area contributed by atoms with Gasteiger partial charge in [-0.05, 0) is 0 Å². The molecule has 0 saturated carbocycles. The van der Waals surface area contributed by atoms with Gasteiger partial charge in [0.2, 0.25) is 0 Å². The summed E-state index contributed by atoms with van der Waals surface area (Å²) in [5, 5.41) is 9.73. The molecular weight excluding hydrogens is 220 g/mol. The average Bonchev–Trinajstić information content (AvgIpc) is 2.52. The maximum absolute atomic E-state index is 12.5. The number of carbonyl (C=O) groups is 1. The molecule has 0 aliphatic rings. The highest BCUT2D eigenvalue weighted by Crippen LogP contribution is 2.27. The first-order valence-electron chi connectivity index (χ1n) is 3.16. The second-order valence-electron chi connectivity index (χ2n) is 2.10. The summed E-state index contributed by atoms with van der Waals surface area (Å²) in [6.07, 6.45) is 1.48. The lowest BCUT2D eigenvalue weighted by atomic mass is 10.4. The predicted octanol–water partition coefficient (Wildman–Crippen LogP) is 1.96. The van der Waals surface area contributed by atoms with Crippen LogP contribution in [0.15, 0.2) is 15.9 Å². The van der Waals surface area contributed by atoms with Crippen molar-refractivity contribution in [3.8, 4) is 0 Å². The van der Waals surface area contributed by atoms with E-state index in [1.165, 1.54) is 17.5 Å². The van der Waals surface area contributed by atoms with Crippen LogP contribution in [0.25, 0.3) is 0 Å². The number of rotatable bonds is 4. The fourth-order valence-corrected chi connectivity index (χ4v) is 2.03. The van der Waals surface area contributed by atoms with Gasteiger partial charge in [0.25, 0.3) is 0 Å². The Labute approximate surface area is 80.8 Å². The molecule has 0 amide bonds.